The second-order valence-corrected chi connectivity index (χ2v) is 6.29. The van der Waals surface area contributed by atoms with E-state index in [0.29, 0.717) is 5.92 Å². The standard InChI is InChI=1S/C20H23NO/c1-15(12-13-16-8-4-2-5-9-16)21-20(22)19-14-18(19)17-10-6-3-7-11-17/h2-11,15,18-19H,12-14H2,1H3,(H,21,22)/t15-,18+,19-/m1/s1. The molecule has 1 N–H and O–H groups in total. The zero-order chi connectivity index (χ0) is 15.4. The highest BCUT2D eigenvalue weighted by molar-refractivity contribution is 5.83. The summed E-state index contributed by atoms with van der Waals surface area (Å²) in [5, 5.41) is 3.17. The van der Waals surface area contributed by atoms with Gasteiger partial charge in [0.25, 0.3) is 0 Å². The molecule has 0 unspecified atom stereocenters. The van der Waals surface area contributed by atoms with E-state index in [1.54, 1.807) is 0 Å². The van der Waals surface area contributed by atoms with Crippen LogP contribution in [0.25, 0.3) is 0 Å². The van der Waals surface area contributed by atoms with E-state index in [-0.39, 0.29) is 17.9 Å². The maximum Gasteiger partial charge on any atom is 0.223 e. The van der Waals surface area contributed by atoms with Gasteiger partial charge in [-0.15, -0.1) is 0 Å². The molecule has 2 heteroatoms. The van der Waals surface area contributed by atoms with Gasteiger partial charge in [0.2, 0.25) is 5.91 Å². The summed E-state index contributed by atoms with van der Waals surface area (Å²) in [6, 6.07) is 21.0. The van der Waals surface area contributed by atoms with Gasteiger partial charge in [-0.25, -0.2) is 0 Å². The van der Waals surface area contributed by atoms with E-state index < -0.39 is 0 Å². The number of carbonyl (C=O) groups is 1. The number of amides is 1. The third-order valence-electron chi connectivity index (χ3n) is 4.45. The van der Waals surface area contributed by atoms with Crippen LogP contribution in [0, 0.1) is 5.92 Å². The van der Waals surface area contributed by atoms with Crippen LogP contribution in [0.1, 0.15) is 36.8 Å². The van der Waals surface area contributed by atoms with Crippen LogP contribution >= 0.6 is 0 Å². The minimum absolute atomic E-state index is 0.168. The summed E-state index contributed by atoms with van der Waals surface area (Å²) in [4.78, 5) is 12.3. The van der Waals surface area contributed by atoms with Crippen LogP contribution in [0.15, 0.2) is 60.7 Å². The van der Waals surface area contributed by atoms with Crippen molar-refractivity contribution in [2.45, 2.75) is 38.1 Å². The minimum atomic E-state index is 0.168. The highest BCUT2D eigenvalue weighted by atomic mass is 16.2. The van der Waals surface area contributed by atoms with Crippen LogP contribution < -0.4 is 5.32 Å². The molecule has 3 atom stereocenters. The third kappa shape index (κ3) is 3.76. The number of nitrogens with one attached hydrogen (secondary N) is 1. The first-order valence-corrected chi connectivity index (χ1v) is 8.13. The molecule has 0 bridgehead atoms. The Hall–Kier alpha value is -2.09. The zero-order valence-corrected chi connectivity index (χ0v) is 13.0. The van der Waals surface area contributed by atoms with Gasteiger partial charge in [-0.05, 0) is 43.2 Å². The molecule has 114 valence electrons. The molecule has 2 aromatic carbocycles. The average Bonchev–Trinajstić information content (AvgIpc) is 3.35. The predicted octanol–water partition coefficient (Wildman–Crippen LogP) is 3.93. The van der Waals surface area contributed by atoms with Crippen molar-refractivity contribution in [3.63, 3.8) is 0 Å². The van der Waals surface area contributed by atoms with Gasteiger partial charge in [0.15, 0.2) is 0 Å². The summed E-state index contributed by atoms with van der Waals surface area (Å²) < 4.78 is 0. The predicted molar refractivity (Wildman–Crippen MR) is 89.7 cm³/mol. The van der Waals surface area contributed by atoms with Crippen molar-refractivity contribution in [2.75, 3.05) is 0 Å². The lowest BCUT2D eigenvalue weighted by Crippen LogP contribution is -2.34. The summed E-state index contributed by atoms with van der Waals surface area (Å²) in [6.45, 7) is 2.10. The van der Waals surface area contributed by atoms with Crippen LogP contribution in [-0.4, -0.2) is 11.9 Å². The fraction of sp³-hybridized carbons (Fsp3) is 0.350. The smallest absolute Gasteiger partial charge is 0.223 e. The van der Waals surface area contributed by atoms with E-state index in [9.17, 15) is 4.79 Å². The fourth-order valence-electron chi connectivity index (χ4n) is 3.00. The Morgan fingerprint density at radius 3 is 2.41 bits per heavy atom. The molecule has 22 heavy (non-hydrogen) atoms. The number of rotatable bonds is 6. The van der Waals surface area contributed by atoms with Gasteiger partial charge in [0.05, 0.1) is 0 Å². The van der Waals surface area contributed by atoms with Gasteiger partial charge in [-0.3, -0.25) is 4.79 Å². The average molecular weight is 293 g/mol. The Balaban J connectivity index is 1.44. The monoisotopic (exact) mass is 293 g/mol. The highest BCUT2D eigenvalue weighted by Gasteiger charge is 2.43. The first-order chi connectivity index (χ1) is 10.7. The van der Waals surface area contributed by atoms with Gasteiger partial charge in [0.1, 0.15) is 0 Å². The lowest BCUT2D eigenvalue weighted by atomic mass is 10.1. The molecule has 1 fully saturated rings. The summed E-state index contributed by atoms with van der Waals surface area (Å²) in [6.07, 6.45) is 2.98. The molecule has 0 aliphatic heterocycles. The molecule has 2 nitrogen and oxygen atoms in total. The van der Waals surface area contributed by atoms with Crippen molar-refractivity contribution in [3.8, 4) is 0 Å². The van der Waals surface area contributed by atoms with Gasteiger partial charge in [-0.1, -0.05) is 60.7 Å². The summed E-state index contributed by atoms with van der Waals surface area (Å²) in [5.41, 5.74) is 2.62. The number of aryl methyl sites for hydroxylation is 1. The van der Waals surface area contributed by atoms with E-state index in [2.05, 4.69) is 48.6 Å². The number of hydrogen-bond donors (Lipinski definition) is 1. The molecule has 3 rings (SSSR count). The minimum Gasteiger partial charge on any atom is -0.353 e. The molecule has 0 heterocycles. The maximum atomic E-state index is 12.3. The Morgan fingerprint density at radius 1 is 1.09 bits per heavy atom. The van der Waals surface area contributed by atoms with Crippen LogP contribution in [0.2, 0.25) is 0 Å². The lowest BCUT2D eigenvalue weighted by molar-refractivity contribution is -0.123. The summed E-state index contributed by atoms with van der Waals surface area (Å²) >= 11 is 0. The van der Waals surface area contributed by atoms with Crippen molar-refractivity contribution in [1.82, 2.24) is 5.32 Å². The molecule has 1 aliphatic rings. The van der Waals surface area contributed by atoms with Crippen molar-refractivity contribution < 1.29 is 4.79 Å². The van der Waals surface area contributed by atoms with E-state index in [0.717, 1.165) is 19.3 Å². The number of hydrogen-bond acceptors (Lipinski definition) is 1. The van der Waals surface area contributed by atoms with E-state index in [4.69, 9.17) is 0 Å². The molecular weight excluding hydrogens is 270 g/mol. The molecule has 1 amide bonds. The van der Waals surface area contributed by atoms with Crippen molar-refractivity contribution in [3.05, 3.63) is 71.8 Å². The quantitative estimate of drug-likeness (QED) is 0.859. The van der Waals surface area contributed by atoms with Crippen molar-refractivity contribution >= 4 is 5.91 Å². The first-order valence-electron chi connectivity index (χ1n) is 8.13. The molecule has 0 saturated heterocycles. The second-order valence-electron chi connectivity index (χ2n) is 6.29. The lowest BCUT2D eigenvalue weighted by Gasteiger charge is -2.14. The third-order valence-corrected chi connectivity index (χ3v) is 4.45. The normalized spacial score (nSPS) is 21.1. The Morgan fingerprint density at radius 2 is 1.73 bits per heavy atom. The number of carbonyl (C=O) groups excluding carboxylic acids is 1. The number of benzene rings is 2. The molecule has 0 aromatic heterocycles. The van der Waals surface area contributed by atoms with Crippen molar-refractivity contribution in [1.29, 1.82) is 0 Å². The summed E-state index contributed by atoms with van der Waals surface area (Å²) in [5.74, 6) is 0.804. The largest absolute Gasteiger partial charge is 0.353 e. The van der Waals surface area contributed by atoms with Crippen LogP contribution in [0.3, 0.4) is 0 Å². The highest BCUT2D eigenvalue weighted by Crippen LogP contribution is 2.47. The molecule has 0 radical (unpaired) electrons. The Labute approximate surface area is 132 Å². The molecular formula is C20H23NO. The second kappa shape index (κ2) is 6.78. The van der Waals surface area contributed by atoms with Crippen molar-refractivity contribution in [2.24, 2.45) is 5.92 Å². The van der Waals surface area contributed by atoms with Crippen LogP contribution in [0.5, 0.6) is 0 Å². The zero-order valence-electron chi connectivity index (χ0n) is 13.0. The fourth-order valence-corrected chi connectivity index (χ4v) is 3.00. The maximum absolute atomic E-state index is 12.3. The van der Waals surface area contributed by atoms with Crippen LogP contribution in [0.4, 0.5) is 0 Å². The van der Waals surface area contributed by atoms with Gasteiger partial charge in [0, 0.05) is 12.0 Å². The van der Waals surface area contributed by atoms with E-state index in [1.165, 1.54) is 11.1 Å². The van der Waals surface area contributed by atoms with E-state index >= 15 is 0 Å². The SMILES string of the molecule is C[C@H](CCc1ccccc1)NC(=O)[C@@H]1C[C@H]1c1ccccc1. The summed E-state index contributed by atoms with van der Waals surface area (Å²) in [7, 11) is 0. The van der Waals surface area contributed by atoms with Gasteiger partial charge in [-0.2, -0.15) is 0 Å². The molecule has 0 spiro atoms. The van der Waals surface area contributed by atoms with Gasteiger partial charge < -0.3 is 5.32 Å². The Kier molecular flexibility index (Phi) is 4.57. The van der Waals surface area contributed by atoms with Gasteiger partial charge >= 0.3 is 0 Å². The Bertz CT molecular complexity index is 608. The topological polar surface area (TPSA) is 29.1 Å². The molecule has 1 saturated carbocycles. The first kappa shape index (κ1) is 14.8. The van der Waals surface area contributed by atoms with E-state index in [1.807, 2.05) is 24.3 Å². The molecule has 1 aliphatic carbocycles. The molecule has 2 aromatic rings. The van der Waals surface area contributed by atoms with Crippen LogP contribution in [-0.2, 0) is 11.2 Å².